The molecule has 0 fully saturated rings. The van der Waals surface area contributed by atoms with Gasteiger partial charge in [0.05, 0.1) is 5.41 Å². The first-order valence-electron chi connectivity index (χ1n) is 12.3. The molecule has 0 saturated heterocycles. The minimum atomic E-state index is -1.11. The highest BCUT2D eigenvalue weighted by Gasteiger charge is 2.38. The molecule has 1 unspecified atom stereocenters. The van der Waals surface area contributed by atoms with Gasteiger partial charge in [-0.05, 0) is 63.5 Å². The summed E-state index contributed by atoms with van der Waals surface area (Å²) in [6, 6.07) is -1.10. The number of ketones is 1. The number of nitrogens with two attached hydrogens (primary N) is 1. The van der Waals surface area contributed by atoms with Crippen molar-refractivity contribution >= 4 is 11.8 Å². The summed E-state index contributed by atoms with van der Waals surface area (Å²) in [4.78, 5) is 24.1. The van der Waals surface area contributed by atoms with Gasteiger partial charge in [-0.15, -0.1) is 0 Å². The van der Waals surface area contributed by atoms with E-state index in [2.05, 4.69) is 31.2 Å². The van der Waals surface area contributed by atoms with Crippen molar-refractivity contribution in [3.8, 4) is 0 Å². The average Bonchev–Trinajstić information content (AvgIpc) is 2.77. The van der Waals surface area contributed by atoms with Gasteiger partial charge in [-0.3, -0.25) is 9.59 Å². The van der Waals surface area contributed by atoms with Crippen molar-refractivity contribution in [3.05, 3.63) is 48.3 Å². The topological polar surface area (TPSA) is 101 Å². The second-order valence-electron chi connectivity index (χ2n) is 8.88. The molecule has 0 bridgehead atoms. The molecule has 0 aromatic carbocycles. The molecule has 1 aliphatic rings. The lowest BCUT2D eigenvalue weighted by molar-refractivity contribution is -0.139. The first-order chi connectivity index (χ1) is 15.4. The minimum absolute atomic E-state index is 0.0138. The Morgan fingerprint density at radius 1 is 1.03 bits per heavy atom. The van der Waals surface area contributed by atoms with Crippen molar-refractivity contribution in [1.29, 1.82) is 0 Å². The van der Waals surface area contributed by atoms with Crippen molar-refractivity contribution in [2.45, 2.75) is 103 Å². The smallest absolute Gasteiger partial charge is 0.320 e. The summed E-state index contributed by atoms with van der Waals surface area (Å²) in [6.07, 6.45) is 26.8. The van der Waals surface area contributed by atoms with Gasteiger partial charge in [0.1, 0.15) is 17.6 Å². The summed E-state index contributed by atoms with van der Waals surface area (Å²) in [7, 11) is 0. The van der Waals surface area contributed by atoms with Crippen molar-refractivity contribution < 1.29 is 19.8 Å². The molecule has 4 N–H and O–H groups in total. The van der Waals surface area contributed by atoms with Gasteiger partial charge in [-0.1, -0.05) is 69.4 Å². The highest BCUT2D eigenvalue weighted by Crippen LogP contribution is 2.36. The third kappa shape index (κ3) is 11.5. The Morgan fingerprint density at radius 3 is 2.25 bits per heavy atom. The molecule has 0 amide bonds. The van der Waals surface area contributed by atoms with Crippen molar-refractivity contribution in [3.63, 3.8) is 0 Å². The molecule has 0 heterocycles. The number of rotatable bonds is 18. The summed E-state index contributed by atoms with van der Waals surface area (Å²) in [5, 5.41) is 18.7. The van der Waals surface area contributed by atoms with Crippen LogP contribution in [0.5, 0.6) is 0 Å². The molecule has 0 aromatic heterocycles. The maximum Gasteiger partial charge on any atom is 0.320 e. The second-order valence-corrected chi connectivity index (χ2v) is 8.88. The van der Waals surface area contributed by atoms with Crippen LogP contribution in [-0.2, 0) is 9.59 Å². The molecular weight excluding hydrogens is 402 g/mol. The van der Waals surface area contributed by atoms with Crippen LogP contribution in [0.3, 0.4) is 0 Å². The maximum atomic E-state index is 12.9. The van der Waals surface area contributed by atoms with E-state index in [9.17, 15) is 14.7 Å². The number of aliphatic hydroxyl groups excluding tert-OH is 1. The van der Waals surface area contributed by atoms with E-state index in [1.807, 2.05) is 0 Å². The Morgan fingerprint density at radius 2 is 1.66 bits per heavy atom. The normalized spacial score (nSPS) is 19.5. The first-order valence-corrected chi connectivity index (χ1v) is 12.3. The largest absolute Gasteiger partial charge is 0.508 e. The molecule has 1 rings (SSSR count). The molecule has 0 saturated carbocycles. The Kier molecular flexibility index (Phi) is 14.4. The van der Waals surface area contributed by atoms with Gasteiger partial charge in [-0.2, -0.15) is 0 Å². The number of Topliss-reactive ketones (excluding diaryl/α,β-unsaturated/α-hetero) is 1. The molecule has 2 atom stereocenters. The maximum absolute atomic E-state index is 12.9. The van der Waals surface area contributed by atoms with E-state index in [4.69, 9.17) is 10.8 Å². The van der Waals surface area contributed by atoms with Gasteiger partial charge in [0.2, 0.25) is 0 Å². The van der Waals surface area contributed by atoms with E-state index >= 15 is 0 Å². The summed E-state index contributed by atoms with van der Waals surface area (Å²) < 4.78 is 0. The van der Waals surface area contributed by atoms with Crippen LogP contribution in [0.4, 0.5) is 0 Å². The standard InChI is InChI=1S/C27H43NO4/c1-2-3-4-5-6-7-8-9-10-11-12-13-14-15-16-17-25(30)27(22-24(28)26(31)32)20-18-23(29)19-21-27/h6-7,9-10,18-20,24,29H,2-5,8,11-17,21-22,28H2,1H3,(H,31,32)/b7-6-,10-9-/t24-,27?/m0/s1. The third-order valence-electron chi connectivity index (χ3n) is 6.06. The number of carboxylic acid groups (broad SMARTS) is 1. The summed E-state index contributed by atoms with van der Waals surface area (Å²) in [5.41, 5.74) is 4.80. The van der Waals surface area contributed by atoms with Crippen molar-refractivity contribution in [2.24, 2.45) is 11.1 Å². The van der Waals surface area contributed by atoms with E-state index < -0.39 is 17.4 Å². The van der Waals surface area contributed by atoms with Gasteiger partial charge in [-0.25, -0.2) is 0 Å². The zero-order valence-electron chi connectivity index (χ0n) is 19.8. The number of hydrogen-bond donors (Lipinski definition) is 3. The Labute approximate surface area is 194 Å². The van der Waals surface area contributed by atoms with Crippen LogP contribution < -0.4 is 5.73 Å². The monoisotopic (exact) mass is 445 g/mol. The zero-order valence-corrected chi connectivity index (χ0v) is 19.8. The summed E-state index contributed by atoms with van der Waals surface area (Å²) in [5.74, 6) is -0.990. The van der Waals surface area contributed by atoms with Crippen LogP contribution in [0.1, 0.15) is 96.8 Å². The number of carbonyl (C=O) groups excluding carboxylic acids is 1. The SMILES string of the molecule is CCCCC/C=C\C/C=C\CCCCCCCC(=O)C1(C[C@H](N)C(=O)O)C=CC(O)=CC1. The van der Waals surface area contributed by atoms with Crippen LogP contribution >= 0.6 is 0 Å². The molecule has 32 heavy (non-hydrogen) atoms. The Balaban J connectivity index is 2.20. The van der Waals surface area contributed by atoms with Gasteiger partial charge in [0.15, 0.2) is 0 Å². The number of allylic oxidation sites excluding steroid dienone is 7. The number of hydrogen-bond acceptors (Lipinski definition) is 4. The van der Waals surface area contributed by atoms with E-state index in [-0.39, 0.29) is 18.0 Å². The Bertz CT molecular complexity index is 677. The fourth-order valence-corrected chi connectivity index (χ4v) is 3.97. The average molecular weight is 446 g/mol. The summed E-state index contributed by atoms with van der Waals surface area (Å²) >= 11 is 0. The van der Waals surface area contributed by atoms with Gasteiger partial charge < -0.3 is 15.9 Å². The van der Waals surface area contributed by atoms with Gasteiger partial charge >= 0.3 is 5.97 Å². The molecular formula is C27H43NO4. The Hall–Kier alpha value is -2.14. The van der Waals surface area contributed by atoms with Crippen molar-refractivity contribution in [1.82, 2.24) is 0 Å². The lowest BCUT2D eigenvalue weighted by Gasteiger charge is -2.31. The molecule has 0 aromatic rings. The number of carboxylic acids is 1. The molecule has 0 aliphatic heterocycles. The number of aliphatic carboxylic acids is 1. The number of aliphatic hydroxyl groups is 1. The lowest BCUT2D eigenvalue weighted by atomic mass is 9.71. The van der Waals surface area contributed by atoms with Crippen LogP contribution in [0.2, 0.25) is 0 Å². The van der Waals surface area contributed by atoms with E-state index in [0.29, 0.717) is 12.8 Å². The van der Waals surface area contributed by atoms with Gasteiger partial charge in [0, 0.05) is 6.42 Å². The molecule has 180 valence electrons. The van der Waals surface area contributed by atoms with Crippen LogP contribution in [-0.4, -0.2) is 28.0 Å². The number of carbonyl (C=O) groups is 2. The van der Waals surface area contributed by atoms with Crippen LogP contribution in [0, 0.1) is 5.41 Å². The van der Waals surface area contributed by atoms with E-state index in [0.717, 1.165) is 44.9 Å². The molecule has 1 aliphatic carbocycles. The fraction of sp³-hybridized carbons (Fsp3) is 0.630. The number of unbranched alkanes of at least 4 members (excludes halogenated alkanes) is 8. The van der Waals surface area contributed by atoms with Gasteiger partial charge in [0.25, 0.3) is 0 Å². The fourth-order valence-electron chi connectivity index (χ4n) is 3.97. The molecule has 0 radical (unpaired) electrons. The minimum Gasteiger partial charge on any atom is -0.508 e. The second kappa shape index (κ2) is 16.5. The zero-order chi connectivity index (χ0) is 23.7. The van der Waals surface area contributed by atoms with E-state index in [1.54, 1.807) is 12.2 Å². The highest BCUT2D eigenvalue weighted by molar-refractivity contribution is 5.88. The van der Waals surface area contributed by atoms with Crippen LogP contribution in [0.15, 0.2) is 48.3 Å². The molecule has 0 spiro atoms. The predicted octanol–water partition coefficient (Wildman–Crippen LogP) is 6.56. The molecule has 5 nitrogen and oxygen atoms in total. The summed E-state index contributed by atoms with van der Waals surface area (Å²) in [6.45, 7) is 2.22. The van der Waals surface area contributed by atoms with Crippen LogP contribution in [0.25, 0.3) is 0 Å². The quantitative estimate of drug-likeness (QED) is 0.164. The first kappa shape index (κ1) is 27.9. The predicted molar refractivity (Wildman–Crippen MR) is 131 cm³/mol. The van der Waals surface area contributed by atoms with E-state index in [1.165, 1.54) is 31.8 Å². The van der Waals surface area contributed by atoms with Crippen molar-refractivity contribution in [2.75, 3.05) is 0 Å². The highest BCUT2D eigenvalue weighted by atomic mass is 16.4. The lowest BCUT2D eigenvalue weighted by Crippen LogP contribution is -2.41. The molecule has 5 heteroatoms. The third-order valence-corrected chi connectivity index (χ3v) is 6.06.